The fourth-order valence-corrected chi connectivity index (χ4v) is 2.04. The van der Waals surface area contributed by atoms with Crippen LogP contribution in [0.1, 0.15) is 22.5 Å². The zero-order valence-electron chi connectivity index (χ0n) is 12.1. The Bertz CT molecular complexity index is 789. The highest BCUT2D eigenvalue weighted by Gasteiger charge is 2.09. The molecule has 0 saturated heterocycles. The van der Waals surface area contributed by atoms with Gasteiger partial charge in [-0.3, -0.25) is 4.79 Å². The van der Waals surface area contributed by atoms with Gasteiger partial charge in [-0.15, -0.1) is 0 Å². The normalized spacial score (nSPS) is 11.0. The molecule has 1 heterocycles. The molecule has 0 bridgehead atoms. The summed E-state index contributed by atoms with van der Waals surface area (Å²) in [6.45, 7) is 5.78. The number of hydrogen-bond acceptors (Lipinski definition) is 3. The molecule has 0 aliphatic heterocycles. The van der Waals surface area contributed by atoms with Crippen LogP contribution in [0.4, 0.5) is 0 Å². The van der Waals surface area contributed by atoms with Gasteiger partial charge in [-0.25, -0.2) is 9.48 Å². The maximum Gasteiger partial charge on any atom is 0.328 e. The van der Waals surface area contributed by atoms with Gasteiger partial charge < -0.3 is 5.11 Å². The summed E-state index contributed by atoms with van der Waals surface area (Å²) in [6, 6.07) is 7.29. The van der Waals surface area contributed by atoms with E-state index in [1.54, 1.807) is 11.6 Å². The van der Waals surface area contributed by atoms with Gasteiger partial charge in [0.1, 0.15) is 5.69 Å². The molecular weight excluding hydrogens is 268 g/mol. The van der Waals surface area contributed by atoms with Crippen LogP contribution in [-0.2, 0) is 4.79 Å². The Hall–Kier alpha value is -2.69. The number of aromatic nitrogens is 2. The molecule has 0 amide bonds. The molecule has 5 nitrogen and oxygen atoms in total. The number of aryl methyl sites for hydroxylation is 2. The van der Waals surface area contributed by atoms with Crippen molar-refractivity contribution in [2.75, 3.05) is 0 Å². The maximum absolute atomic E-state index is 11.9. The van der Waals surface area contributed by atoms with E-state index in [1.165, 1.54) is 12.1 Å². The van der Waals surface area contributed by atoms with Crippen molar-refractivity contribution in [2.45, 2.75) is 20.8 Å². The van der Waals surface area contributed by atoms with E-state index in [2.05, 4.69) is 5.10 Å². The molecule has 0 radical (unpaired) electrons. The predicted octanol–water partition coefficient (Wildman–Crippen LogP) is 2.26. The van der Waals surface area contributed by atoms with Crippen molar-refractivity contribution < 1.29 is 9.90 Å². The zero-order valence-corrected chi connectivity index (χ0v) is 12.1. The lowest BCUT2D eigenvalue weighted by Crippen LogP contribution is -2.17. The van der Waals surface area contributed by atoms with Crippen LogP contribution in [0.5, 0.6) is 0 Å². The minimum absolute atomic E-state index is 0.101. The molecule has 0 unspecified atom stereocenters. The summed E-state index contributed by atoms with van der Waals surface area (Å²) in [5.41, 5.74) is 3.55. The first-order valence-electron chi connectivity index (χ1n) is 6.48. The fraction of sp³-hybridized carbons (Fsp3) is 0.188. The summed E-state index contributed by atoms with van der Waals surface area (Å²) < 4.78 is 1.66. The highest BCUT2D eigenvalue weighted by molar-refractivity contribution is 5.84. The number of carbonyl (C=O) groups is 1. The first-order chi connectivity index (χ1) is 9.90. The first kappa shape index (κ1) is 14.7. The van der Waals surface area contributed by atoms with Crippen molar-refractivity contribution in [1.82, 2.24) is 9.78 Å². The van der Waals surface area contributed by atoms with Gasteiger partial charge in [0.2, 0.25) is 5.43 Å². The molecule has 0 saturated carbocycles. The fourth-order valence-electron chi connectivity index (χ4n) is 2.04. The van der Waals surface area contributed by atoms with Crippen molar-refractivity contribution in [3.8, 4) is 5.69 Å². The number of carboxylic acid groups (broad SMARTS) is 1. The van der Waals surface area contributed by atoms with E-state index in [4.69, 9.17) is 5.11 Å². The Morgan fingerprint density at radius 1 is 1.29 bits per heavy atom. The van der Waals surface area contributed by atoms with Crippen LogP contribution in [-0.4, -0.2) is 20.9 Å². The van der Waals surface area contributed by atoms with Crippen molar-refractivity contribution in [3.63, 3.8) is 0 Å². The topological polar surface area (TPSA) is 72.2 Å². The second-order valence-electron chi connectivity index (χ2n) is 4.84. The summed E-state index contributed by atoms with van der Waals surface area (Å²) in [7, 11) is 0. The highest BCUT2D eigenvalue weighted by Crippen LogP contribution is 2.17. The monoisotopic (exact) mass is 284 g/mol. The molecule has 108 valence electrons. The molecule has 0 aliphatic rings. The standard InChI is InChI=1S/C16H16N2O3/c1-10-5-4-6-14(12(10)3)18-11(2)9-15(19)13(17-18)7-8-16(20)21/h4-9H,1-3H3,(H,20,21)/b8-7+. The molecule has 0 fully saturated rings. The number of benzene rings is 1. The average Bonchev–Trinajstić information content (AvgIpc) is 2.41. The predicted molar refractivity (Wildman–Crippen MR) is 80.7 cm³/mol. The molecule has 0 spiro atoms. The van der Waals surface area contributed by atoms with E-state index in [0.717, 1.165) is 22.9 Å². The Balaban J connectivity index is 2.64. The van der Waals surface area contributed by atoms with E-state index in [-0.39, 0.29) is 11.1 Å². The number of hydrogen-bond donors (Lipinski definition) is 1. The van der Waals surface area contributed by atoms with Gasteiger partial charge in [-0.2, -0.15) is 5.10 Å². The van der Waals surface area contributed by atoms with Crippen LogP contribution < -0.4 is 5.43 Å². The van der Waals surface area contributed by atoms with Crippen molar-refractivity contribution in [1.29, 1.82) is 0 Å². The van der Waals surface area contributed by atoms with Crippen LogP contribution in [0.3, 0.4) is 0 Å². The van der Waals surface area contributed by atoms with Gasteiger partial charge in [-0.1, -0.05) is 12.1 Å². The molecule has 5 heteroatoms. The molecule has 0 atom stereocenters. The van der Waals surface area contributed by atoms with Crippen LogP contribution in [0, 0.1) is 20.8 Å². The molecular formula is C16H16N2O3. The molecule has 21 heavy (non-hydrogen) atoms. The largest absolute Gasteiger partial charge is 0.478 e. The lowest BCUT2D eigenvalue weighted by atomic mass is 10.1. The Morgan fingerprint density at radius 2 is 2.00 bits per heavy atom. The second-order valence-corrected chi connectivity index (χ2v) is 4.84. The van der Waals surface area contributed by atoms with E-state index in [1.807, 2.05) is 32.0 Å². The van der Waals surface area contributed by atoms with E-state index < -0.39 is 5.97 Å². The summed E-state index contributed by atoms with van der Waals surface area (Å²) in [4.78, 5) is 22.4. The van der Waals surface area contributed by atoms with Crippen LogP contribution in [0.2, 0.25) is 0 Å². The molecule has 2 aromatic rings. The van der Waals surface area contributed by atoms with Crippen molar-refractivity contribution >= 4 is 12.0 Å². The third-order valence-electron chi connectivity index (χ3n) is 3.32. The van der Waals surface area contributed by atoms with E-state index in [0.29, 0.717) is 5.69 Å². The van der Waals surface area contributed by atoms with Gasteiger partial charge in [-0.05, 0) is 44.0 Å². The third-order valence-corrected chi connectivity index (χ3v) is 3.32. The Labute approximate surface area is 122 Å². The number of nitrogens with zero attached hydrogens (tertiary/aromatic N) is 2. The first-order valence-corrected chi connectivity index (χ1v) is 6.48. The lowest BCUT2D eigenvalue weighted by molar-refractivity contribution is -0.131. The number of aliphatic carboxylic acids is 1. The Morgan fingerprint density at radius 3 is 2.67 bits per heavy atom. The Kier molecular flexibility index (Phi) is 4.03. The average molecular weight is 284 g/mol. The molecule has 1 N–H and O–H groups in total. The quantitative estimate of drug-likeness (QED) is 0.877. The minimum atomic E-state index is -1.12. The van der Waals surface area contributed by atoms with Gasteiger partial charge in [0.15, 0.2) is 0 Å². The number of carboxylic acids is 1. The smallest absolute Gasteiger partial charge is 0.328 e. The second kappa shape index (κ2) is 5.75. The third kappa shape index (κ3) is 3.08. The molecule has 0 aliphatic carbocycles. The van der Waals surface area contributed by atoms with Gasteiger partial charge in [0.05, 0.1) is 5.69 Å². The van der Waals surface area contributed by atoms with Crippen LogP contribution in [0.25, 0.3) is 11.8 Å². The van der Waals surface area contributed by atoms with E-state index >= 15 is 0 Å². The SMILES string of the molecule is Cc1cccc(-n2nc(/C=C/C(=O)O)c(=O)cc2C)c1C. The summed E-state index contributed by atoms with van der Waals surface area (Å²) in [6.07, 6.45) is 2.12. The van der Waals surface area contributed by atoms with Crippen molar-refractivity contribution in [2.24, 2.45) is 0 Å². The lowest BCUT2D eigenvalue weighted by Gasteiger charge is -2.14. The molecule has 1 aromatic carbocycles. The van der Waals surface area contributed by atoms with Crippen molar-refractivity contribution in [3.05, 3.63) is 63.1 Å². The van der Waals surface area contributed by atoms with Crippen LogP contribution >= 0.6 is 0 Å². The minimum Gasteiger partial charge on any atom is -0.478 e. The summed E-state index contributed by atoms with van der Waals surface area (Å²) >= 11 is 0. The zero-order chi connectivity index (χ0) is 15.6. The highest BCUT2D eigenvalue weighted by atomic mass is 16.4. The summed E-state index contributed by atoms with van der Waals surface area (Å²) in [5.74, 6) is -1.12. The molecule has 1 aromatic heterocycles. The van der Waals surface area contributed by atoms with Crippen LogP contribution in [0.15, 0.2) is 35.1 Å². The van der Waals surface area contributed by atoms with Gasteiger partial charge in [0, 0.05) is 17.8 Å². The van der Waals surface area contributed by atoms with E-state index in [9.17, 15) is 9.59 Å². The van der Waals surface area contributed by atoms with Gasteiger partial charge >= 0.3 is 5.97 Å². The maximum atomic E-state index is 11.9. The molecule has 2 rings (SSSR count). The van der Waals surface area contributed by atoms with Gasteiger partial charge in [0.25, 0.3) is 0 Å². The number of rotatable bonds is 3. The summed E-state index contributed by atoms with van der Waals surface area (Å²) in [5, 5.41) is 12.9.